The largest absolute Gasteiger partial charge is 0.481 e. The molecule has 0 aliphatic heterocycles. The number of rotatable bonds is 7. The molecule has 228 valence electrons. The predicted octanol–water partition coefficient (Wildman–Crippen LogP) is 7.31. The Bertz CT molecular complexity index is 1430. The molecule has 1 heterocycles. The highest BCUT2D eigenvalue weighted by atomic mass is 35.5. The predicted molar refractivity (Wildman–Crippen MR) is 146 cm³/mol. The van der Waals surface area contributed by atoms with Gasteiger partial charge in [0.2, 0.25) is 0 Å². The second-order valence-electron chi connectivity index (χ2n) is 12.7. The minimum atomic E-state index is -4.96. The lowest BCUT2D eigenvalue weighted by atomic mass is 9.74. The van der Waals surface area contributed by atoms with Crippen molar-refractivity contribution < 1.29 is 37.1 Å². The number of carbonyl (C=O) groups is 3. The topological polar surface area (TPSA) is 92.5 Å². The van der Waals surface area contributed by atoms with Gasteiger partial charge in [0.25, 0.3) is 5.91 Å². The van der Waals surface area contributed by atoms with Crippen LogP contribution in [0.2, 0.25) is 10.0 Å². The fourth-order valence-corrected chi connectivity index (χ4v) is 7.63. The first-order valence-corrected chi connectivity index (χ1v) is 14.6. The van der Waals surface area contributed by atoms with Gasteiger partial charge in [-0.2, -0.15) is 18.3 Å². The van der Waals surface area contributed by atoms with Gasteiger partial charge in [-0.15, -0.1) is 0 Å². The number of benzene rings is 1. The summed E-state index contributed by atoms with van der Waals surface area (Å²) in [6.45, 7) is 5.10. The van der Waals surface area contributed by atoms with Gasteiger partial charge < -0.3 is 10.0 Å². The molecule has 1 N–H and O–H groups in total. The molecule has 1 amide bonds. The zero-order valence-corrected chi connectivity index (χ0v) is 24.8. The van der Waals surface area contributed by atoms with Gasteiger partial charge in [-0.05, 0) is 74.8 Å². The molecule has 2 aromatic rings. The third kappa shape index (κ3) is 5.20. The first-order valence-electron chi connectivity index (χ1n) is 13.8. The van der Waals surface area contributed by atoms with E-state index in [0.717, 1.165) is 27.9 Å². The number of carboxylic acid groups (broad SMARTS) is 1. The summed E-state index contributed by atoms with van der Waals surface area (Å²) in [4.78, 5) is 40.1. The van der Waals surface area contributed by atoms with Gasteiger partial charge in [-0.1, -0.05) is 37.0 Å². The van der Waals surface area contributed by atoms with Gasteiger partial charge in [0.1, 0.15) is 5.82 Å². The maximum absolute atomic E-state index is 14.6. The minimum Gasteiger partial charge on any atom is -0.481 e. The molecule has 5 rings (SSSR count). The van der Waals surface area contributed by atoms with Crippen molar-refractivity contribution in [3.8, 4) is 0 Å². The third-order valence-electron chi connectivity index (χ3n) is 9.89. The van der Waals surface area contributed by atoms with E-state index in [1.54, 1.807) is 6.92 Å². The van der Waals surface area contributed by atoms with E-state index in [4.69, 9.17) is 23.2 Å². The second-order valence-corrected chi connectivity index (χ2v) is 13.5. The molecule has 0 bridgehead atoms. The van der Waals surface area contributed by atoms with Crippen LogP contribution < -0.4 is 0 Å². The number of amides is 1. The fourth-order valence-electron chi connectivity index (χ4n) is 7.04. The SMILES string of the molecule is CC1(C)[C@@H]2C[C@H](N(CC(=O)c3c(Cl)ccc(F)c3Cl)C(=O)c3cnn([C@H]4CC[C@](C)(C(=O)O)CC4)c3C(F)(F)F)C[C@@H]21. The van der Waals surface area contributed by atoms with Crippen LogP contribution in [0.15, 0.2) is 18.3 Å². The Labute approximate surface area is 250 Å². The number of hydrogen-bond acceptors (Lipinski definition) is 4. The van der Waals surface area contributed by atoms with Crippen LogP contribution >= 0.6 is 23.2 Å². The van der Waals surface area contributed by atoms with E-state index in [0.29, 0.717) is 12.8 Å². The van der Waals surface area contributed by atoms with Crippen LogP contribution in [0.5, 0.6) is 0 Å². The number of halogens is 6. The van der Waals surface area contributed by atoms with E-state index in [2.05, 4.69) is 18.9 Å². The summed E-state index contributed by atoms with van der Waals surface area (Å²) in [7, 11) is 0. The molecule has 3 aliphatic carbocycles. The van der Waals surface area contributed by atoms with Crippen LogP contribution in [0.4, 0.5) is 17.6 Å². The van der Waals surface area contributed by atoms with Crippen molar-refractivity contribution in [3.63, 3.8) is 0 Å². The number of Topliss-reactive ketones (excluding diaryl/α,β-unsaturated/α-hetero) is 1. The Morgan fingerprint density at radius 2 is 1.69 bits per heavy atom. The molecule has 0 saturated heterocycles. The summed E-state index contributed by atoms with van der Waals surface area (Å²) in [5.41, 5.74) is -3.28. The van der Waals surface area contributed by atoms with Gasteiger partial charge in [0.05, 0.1) is 45.4 Å². The lowest BCUT2D eigenvalue weighted by Crippen LogP contribution is -2.44. The van der Waals surface area contributed by atoms with Crippen molar-refractivity contribution in [1.29, 1.82) is 0 Å². The average Bonchev–Trinajstić information content (AvgIpc) is 3.33. The van der Waals surface area contributed by atoms with Crippen LogP contribution in [0.3, 0.4) is 0 Å². The lowest BCUT2D eigenvalue weighted by Gasteiger charge is -2.35. The fraction of sp³-hybridized carbons (Fsp3) is 0.586. The number of ketones is 1. The van der Waals surface area contributed by atoms with E-state index in [1.807, 2.05) is 0 Å². The van der Waals surface area contributed by atoms with Gasteiger partial charge in [0, 0.05) is 6.04 Å². The molecule has 3 fully saturated rings. The van der Waals surface area contributed by atoms with E-state index < -0.39 is 70.0 Å². The molecule has 3 aliphatic rings. The van der Waals surface area contributed by atoms with Crippen molar-refractivity contribution in [1.82, 2.24) is 14.7 Å². The summed E-state index contributed by atoms with van der Waals surface area (Å²) >= 11 is 12.2. The van der Waals surface area contributed by atoms with Gasteiger partial charge in [-0.3, -0.25) is 19.1 Å². The molecule has 42 heavy (non-hydrogen) atoms. The lowest BCUT2D eigenvalue weighted by molar-refractivity contribution is -0.152. The first kappa shape index (κ1) is 30.8. The molecular formula is C29H31Cl2F4N3O4. The number of nitrogens with zero attached hydrogens (tertiary/aromatic N) is 3. The summed E-state index contributed by atoms with van der Waals surface area (Å²) in [6.07, 6.45) is -2.48. The monoisotopic (exact) mass is 631 g/mol. The Hall–Kier alpha value is -2.66. The van der Waals surface area contributed by atoms with Crippen LogP contribution in [0, 0.1) is 28.5 Å². The zero-order chi connectivity index (χ0) is 30.9. The summed E-state index contributed by atoms with van der Waals surface area (Å²) < 4.78 is 58.6. The highest BCUT2D eigenvalue weighted by Crippen LogP contribution is 2.67. The van der Waals surface area contributed by atoms with Crippen molar-refractivity contribution in [3.05, 3.63) is 51.0 Å². The number of alkyl halides is 3. The Morgan fingerprint density at radius 3 is 2.24 bits per heavy atom. The van der Waals surface area contributed by atoms with Crippen LogP contribution in [0.25, 0.3) is 0 Å². The van der Waals surface area contributed by atoms with Gasteiger partial charge >= 0.3 is 12.1 Å². The number of carboxylic acids is 1. The molecule has 7 nitrogen and oxygen atoms in total. The molecule has 0 unspecified atom stereocenters. The standard InChI is InChI=1S/C29H31Cl2F4N3O4/c1-27(2)17-10-15(11-18(17)27)37(13-21(39)22-19(30)4-5-20(32)23(22)31)25(40)16-12-36-38(24(16)29(33,34)35)14-6-8-28(3,9-7-14)26(41)42/h4-5,12,14-15,17-18H,6-11,13H2,1-3H3,(H,41,42)/t14-,15-,17+,18-,28-. The van der Waals surface area contributed by atoms with Gasteiger partial charge in [0.15, 0.2) is 11.5 Å². The third-order valence-corrected chi connectivity index (χ3v) is 10.6. The van der Waals surface area contributed by atoms with E-state index in [9.17, 15) is 37.1 Å². The Morgan fingerprint density at radius 1 is 1.10 bits per heavy atom. The molecule has 3 atom stereocenters. The Kier molecular flexibility index (Phi) is 7.70. The molecule has 1 aromatic heterocycles. The molecule has 13 heteroatoms. The average molecular weight is 632 g/mol. The highest BCUT2D eigenvalue weighted by molar-refractivity contribution is 6.40. The van der Waals surface area contributed by atoms with Crippen molar-refractivity contribution >= 4 is 40.9 Å². The maximum atomic E-state index is 14.6. The number of hydrogen-bond donors (Lipinski definition) is 1. The van der Waals surface area contributed by atoms with Crippen molar-refractivity contribution in [2.24, 2.45) is 22.7 Å². The molecule has 0 radical (unpaired) electrons. The molecular weight excluding hydrogens is 601 g/mol. The Balaban J connectivity index is 1.49. The van der Waals surface area contributed by atoms with Crippen LogP contribution in [-0.2, 0) is 11.0 Å². The summed E-state index contributed by atoms with van der Waals surface area (Å²) in [5, 5.41) is 12.8. The molecule has 0 spiro atoms. The van der Waals surface area contributed by atoms with Crippen molar-refractivity contribution in [2.75, 3.05) is 6.54 Å². The highest BCUT2D eigenvalue weighted by Gasteiger charge is 2.63. The van der Waals surface area contributed by atoms with Crippen LogP contribution in [-0.4, -0.2) is 50.0 Å². The van der Waals surface area contributed by atoms with Crippen LogP contribution in [0.1, 0.15) is 91.7 Å². The number of aliphatic carboxylic acids is 1. The molecule has 3 saturated carbocycles. The second kappa shape index (κ2) is 10.5. The van der Waals surface area contributed by atoms with E-state index >= 15 is 0 Å². The number of carbonyl (C=O) groups excluding carboxylic acids is 2. The molecule has 1 aromatic carbocycles. The maximum Gasteiger partial charge on any atom is 0.433 e. The minimum absolute atomic E-state index is 0.0395. The van der Waals surface area contributed by atoms with E-state index in [-0.39, 0.29) is 53.5 Å². The summed E-state index contributed by atoms with van der Waals surface area (Å²) in [6, 6.07) is 0.868. The van der Waals surface area contributed by atoms with Crippen molar-refractivity contribution in [2.45, 2.75) is 77.6 Å². The summed E-state index contributed by atoms with van der Waals surface area (Å²) in [5.74, 6) is -3.20. The number of aromatic nitrogens is 2. The quantitative estimate of drug-likeness (QED) is 0.196. The first-order chi connectivity index (χ1) is 19.5. The smallest absolute Gasteiger partial charge is 0.433 e. The zero-order valence-electron chi connectivity index (χ0n) is 23.3. The normalized spacial score (nSPS) is 28.3. The van der Waals surface area contributed by atoms with E-state index in [1.165, 1.54) is 0 Å². The van der Waals surface area contributed by atoms with Gasteiger partial charge in [-0.25, -0.2) is 4.39 Å². The number of fused-ring (bicyclic) bond motifs is 1.